The van der Waals surface area contributed by atoms with Gasteiger partial charge in [-0.05, 0) is 63.1 Å². The van der Waals surface area contributed by atoms with Crippen LogP contribution in [0.4, 0.5) is 0 Å². The molecule has 0 bridgehead atoms. The summed E-state index contributed by atoms with van der Waals surface area (Å²) in [5, 5.41) is 11.1. The van der Waals surface area contributed by atoms with E-state index in [0.717, 1.165) is 19.3 Å². The van der Waals surface area contributed by atoms with E-state index >= 15 is 0 Å². The minimum Gasteiger partial charge on any atom is -0.466 e. The zero-order chi connectivity index (χ0) is 22.1. The Morgan fingerprint density at radius 3 is 2.55 bits per heavy atom. The van der Waals surface area contributed by atoms with Crippen molar-refractivity contribution in [2.24, 2.45) is 5.92 Å². The Bertz CT molecular complexity index is 523. The Morgan fingerprint density at radius 1 is 1.28 bits per heavy atom. The van der Waals surface area contributed by atoms with Crippen LogP contribution in [0.15, 0.2) is 12.2 Å². The van der Waals surface area contributed by atoms with Gasteiger partial charge in [0.15, 0.2) is 8.32 Å². The molecule has 1 fully saturated rings. The van der Waals surface area contributed by atoms with Crippen molar-refractivity contribution in [3.8, 4) is 0 Å². The molecule has 3 unspecified atom stereocenters. The molecule has 0 aromatic heterocycles. The average molecular weight is 427 g/mol. The largest absolute Gasteiger partial charge is 0.466 e. The summed E-state index contributed by atoms with van der Waals surface area (Å²) < 4.78 is 11.8. The Hall–Kier alpha value is -0.653. The highest BCUT2D eigenvalue weighted by atomic mass is 28.4. The van der Waals surface area contributed by atoms with Crippen molar-refractivity contribution >= 4 is 14.3 Å². The first-order valence-electron chi connectivity index (χ1n) is 11.7. The Kier molecular flexibility index (Phi) is 10.6. The molecule has 1 aliphatic rings. The number of esters is 1. The predicted molar refractivity (Wildman–Crippen MR) is 124 cm³/mol. The highest BCUT2D eigenvalue weighted by Crippen LogP contribution is 2.39. The number of aliphatic hydroxyl groups is 1. The molecule has 0 aliphatic heterocycles. The Balaban J connectivity index is 2.79. The van der Waals surface area contributed by atoms with E-state index in [4.69, 9.17) is 9.16 Å². The third-order valence-electron chi connectivity index (χ3n) is 6.58. The van der Waals surface area contributed by atoms with E-state index in [-0.39, 0.29) is 23.5 Å². The maximum atomic E-state index is 11.9. The van der Waals surface area contributed by atoms with E-state index in [2.05, 4.69) is 52.9 Å². The van der Waals surface area contributed by atoms with Crippen molar-refractivity contribution in [2.45, 2.75) is 122 Å². The van der Waals surface area contributed by atoms with Crippen molar-refractivity contribution in [3.63, 3.8) is 0 Å². The summed E-state index contributed by atoms with van der Waals surface area (Å²) in [4.78, 5) is 11.9. The van der Waals surface area contributed by atoms with Crippen LogP contribution in [-0.4, -0.2) is 37.7 Å². The van der Waals surface area contributed by atoms with Gasteiger partial charge >= 0.3 is 5.97 Å². The molecule has 1 aliphatic carbocycles. The third-order valence-corrected chi connectivity index (χ3v) is 11.1. The summed E-state index contributed by atoms with van der Waals surface area (Å²) in [6.45, 7) is 15.9. The van der Waals surface area contributed by atoms with E-state index < -0.39 is 13.9 Å². The van der Waals surface area contributed by atoms with Gasteiger partial charge in [-0.15, -0.1) is 0 Å². The minimum atomic E-state index is -1.84. The smallest absolute Gasteiger partial charge is 0.308 e. The number of carbonyl (C=O) groups is 1. The molecule has 1 rings (SSSR count). The molecular formula is C24H46O4Si. The van der Waals surface area contributed by atoms with E-state index in [1.54, 1.807) is 6.92 Å². The van der Waals surface area contributed by atoms with Gasteiger partial charge in [0.05, 0.1) is 24.7 Å². The molecule has 170 valence electrons. The first-order valence-corrected chi connectivity index (χ1v) is 14.6. The zero-order valence-electron chi connectivity index (χ0n) is 20.1. The van der Waals surface area contributed by atoms with E-state index in [0.29, 0.717) is 25.4 Å². The number of ether oxygens (including phenoxy) is 1. The van der Waals surface area contributed by atoms with Gasteiger partial charge in [-0.1, -0.05) is 59.1 Å². The van der Waals surface area contributed by atoms with Gasteiger partial charge in [0.2, 0.25) is 0 Å². The van der Waals surface area contributed by atoms with Crippen molar-refractivity contribution in [2.75, 3.05) is 6.61 Å². The molecule has 0 heterocycles. The number of hydrogen-bond donors (Lipinski definition) is 1. The highest BCUT2D eigenvalue weighted by Gasteiger charge is 2.39. The van der Waals surface area contributed by atoms with Crippen molar-refractivity contribution in [3.05, 3.63) is 12.2 Å². The Morgan fingerprint density at radius 2 is 1.97 bits per heavy atom. The first kappa shape index (κ1) is 26.4. The summed E-state index contributed by atoms with van der Waals surface area (Å²) in [6, 6.07) is 0. The van der Waals surface area contributed by atoms with Gasteiger partial charge in [0.1, 0.15) is 0 Å². The van der Waals surface area contributed by atoms with Crippen LogP contribution in [0.2, 0.25) is 18.1 Å². The number of carbonyl (C=O) groups excluding carboxylic acids is 1. The molecule has 0 aromatic rings. The molecule has 29 heavy (non-hydrogen) atoms. The molecule has 0 radical (unpaired) electrons. The topological polar surface area (TPSA) is 55.8 Å². The molecule has 0 saturated heterocycles. The van der Waals surface area contributed by atoms with Crippen LogP contribution in [0, 0.1) is 5.92 Å². The van der Waals surface area contributed by atoms with Crippen molar-refractivity contribution in [1.82, 2.24) is 0 Å². The molecule has 3 atom stereocenters. The van der Waals surface area contributed by atoms with Crippen LogP contribution in [0.5, 0.6) is 0 Å². The first-order chi connectivity index (χ1) is 13.4. The quantitative estimate of drug-likeness (QED) is 0.180. The maximum Gasteiger partial charge on any atom is 0.308 e. The standard InChI is InChI=1S/C24H46O4Si/c1-8-10-11-14-21(28-29(6,7)23(3,4)5)16-15-20-13-12-17-24(26,18-20)19-22(25)27-9-2/h15-16,20-21,26H,8-14,17-19H2,1-7H3. The fourth-order valence-corrected chi connectivity index (χ4v) is 5.12. The third kappa shape index (κ3) is 9.35. The normalized spacial score (nSPS) is 24.6. The predicted octanol–water partition coefficient (Wildman–Crippen LogP) is 6.39. The van der Waals surface area contributed by atoms with Crippen LogP contribution in [-0.2, 0) is 14.0 Å². The minimum absolute atomic E-state index is 0.103. The summed E-state index contributed by atoms with van der Waals surface area (Å²) in [5.74, 6) is -0.00167. The number of allylic oxidation sites excluding steroid dienone is 1. The van der Waals surface area contributed by atoms with Gasteiger partial charge in [-0.3, -0.25) is 4.79 Å². The lowest BCUT2D eigenvalue weighted by Crippen LogP contribution is -2.43. The van der Waals surface area contributed by atoms with Crippen LogP contribution in [0.25, 0.3) is 0 Å². The van der Waals surface area contributed by atoms with Gasteiger partial charge in [-0.2, -0.15) is 0 Å². The molecule has 1 N–H and O–H groups in total. The second kappa shape index (κ2) is 11.7. The van der Waals surface area contributed by atoms with Crippen LogP contribution in [0.3, 0.4) is 0 Å². The van der Waals surface area contributed by atoms with Gasteiger partial charge in [-0.25, -0.2) is 0 Å². The monoisotopic (exact) mass is 426 g/mol. The zero-order valence-corrected chi connectivity index (χ0v) is 21.1. The van der Waals surface area contributed by atoms with E-state index in [1.165, 1.54) is 19.3 Å². The van der Waals surface area contributed by atoms with Crippen molar-refractivity contribution < 1.29 is 19.1 Å². The number of unbranched alkanes of at least 4 members (excludes halogenated alkanes) is 2. The molecule has 0 amide bonds. The second-order valence-corrected chi connectivity index (χ2v) is 15.1. The Labute approximate surface area is 180 Å². The molecule has 0 aromatic carbocycles. The summed E-state index contributed by atoms with van der Waals surface area (Å²) in [5.41, 5.74) is -0.933. The van der Waals surface area contributed by atoms with Crippen LogP contribution < -0.4 is 0 Å². The van der Waals surface area contributed by atoms with Gasteiger partial charge < -0.3 is 14.3 Å². The summed E-state index contributed by atoms with van der Waals surface area (Å²) in [7, 11) is -1.84. The summed E-state index contributed by atoms with van der Waals surface area (Å²) in [6.07, 6.45) is 12.7. The maximum absolute atomic E-state index is 11.9. The lowest BCUT2D eigenvalue weighted by atomic mass is 9.76. The summed E-state index contributed by atoms with van der Waals surface area (Å²) >= 11 is 0. The van der Waals surface area contributed by atoms with Crippen molar-refractivity contribution in [1.29, 1.82) is 0 Å². The number of hydrogen-bond acceptors (Lipinski definition) is 4. The average Bonchev–Trinajstić information content (AvgIpc) is 2.58. The van der Waals surface area contributed by atoms with E-state index in [9.17, 15) is 9.90 Å². The van der Waals surface area contributed by atoms with Crippen LogP contribution >= 0.6 is 0 Å². The molecule has 1 saturated carbocycles. The molecule has 5 heteroatoms. The molecular weight excluding hydrogens is 380 g/mol. The fourth-order valence-electron chi connectivity index (χ4n) is 3.82. The SMILES string of the molecule is CCCCCC(C=CC1CCCC(O)(CC(=O)OCC)C1)O[Si](C)(C)C(C)(C)C. The second-order valence-electron chi connectivity index (χ2n) is 10.4. The number of rotatable bonds is 11. The highest BCUT2D eigenvalue weighted by molar-refractivity contribution is 6.74. The van der Waals surface area contributed by atoms with E-state index in [1.807, 2.05) is 0 Å². The van der Waals surface area contributed by atoms with Gasteiger partial charge in [0, 0.05) is 0 Å². The van der Waals surface area contributed by atoms with Gasteiger partial charge in [0.25, 0.3) is 0 Å². The molecule has 4 nitrogen and oxygen atoms in total. The lowest BCUT2D eigenvalue weighted by Gasteiger charge is -2.39. The molecule has 0 spiro atoms. The lowest BCUT2D eigenvalue weighted by molar-refractivity contribution is -0.150. The van der Waals surface area contributed by atoms with Crippen LogP contribution in [0.1, 0.15) is 92.4 Å². The fraction of sp³-hybridized carbons (Fsp3) is 0.875.